The molecule has 0 aromatic carbocycles. The van der Waals surface area contributed by atoms with Gasteiger partial charge in [0.15, 0.2) is 5.79 Å². The van der Waals surface area contributed by atoms with Gasteiger partial charge in [-0.05, 0) is 116 Å². The van der Waals surface area contributed by atoms with Crippen molar-refractivity contribution < 1.29 is 9.47 Å². The van der Waals surface area contributed by atoms with E-state index in [0.29, 0.717) is 0 Å². The summed E-state index contributed by atoms with van der Waals surface area (Å²) >= 11 is 0. The number of hydrogen-bond donors (Lipinski definition) is 1. The van der Waals surface area contributed by atoms with Crippen molar-refractivity contribution in [2.75, 3.05) is 33.3 Å². The van der Waals surface area contributed by atoms with Gasteiger partial charge in [0.25, 0.3) is 0 Å². The summed E-state index contributed by atoms with van der Waals surface area (Å²) in [7, 11) is 2.25. The maximum atomic E-state index is 6.80. The minimum absolute atomic E-state index is 0.241. The van der Waals surface area contributed by atoms with Crippen molar-refractivity contribution in [1.82, 2.24) is 4.90 Å². The average Bonchev–Trinajstić information content (AvgIpc) is 3.55. The second-order valence-corrected chi connectivity index (χ2v) is 15.6. The van der Waals surface area contributed by atoms with Gasteiger partial charge < -0.3 is 20.1 Å². The van der Waals surface area contributed by atoms with Gasteiger partial charge in [-0.25, -0.2) is 0 Å². The molecule has 0 bridgehead atoms. The normalized spacial score (nSPS) is 18.3. The van der Waals surface area contributed by atoms with Crippen LogP contribution in [0, 0.1) is 0 Å². The molecule has 0 saturated carbocycles. The van der Waals surface area contributed by atoms with Crippen molar-refractivity contribution in [1.29, 1.82) is 0 Å². The van der Waals surface area contributed by atoms with Crippen molar-refractivity contribution >= 4 is 0 Å². The number of unbranched alkanes of at least 4 members (excludes halogenated alkanes) is 20. The first kappa shape index (κ1) is 47.8. The van der Waals surface area contributed by atoms with Gasteiger partial charge in [0.2, 0.25) is 0 Å². The summed E-state index contributed by atoms with van der Waals surface area (Å²) in [5.74, 6) is -0.338. The van der Waals surface area contributed by atoms with Crippen LogP contribution in [0.3, 0.4) is 0 Å². The third-order valence-electron chi connectivity index (χ3n) is 10.5. The zero-order valence-corrected chi connectivity index (χ0v) is 34.6. The van der Waals surface area contributed by atoms with E-state index >= 15 is 0 Å². The first-order valence-electron chi connectivity index (χ1n) is 22.5. The molecule has 1 aliphatic rings. The molecule has 0 aromatic rings. The van der Waals surface area contributed by atoms with Gasteiger partial charge in [-0.15, -0.1) is 0 Å². The largest absolute Gasteiger partial charge is 0.347 e. The van der Waals surface area contributed by atoms with Gasteiger partial charge >= 0.3 is 0 Å². The summed E-state index contributed by atoms with van der Waals surface area (Å²) in [6.45, 7) is 8.36. The number of allylic oxidation sites excluding steroid dienone is 8. The van der Waals surface area contributed by atoms with Crippen molar-refractivity contribution in [3.63, 3.8) is 0 Å². The van der Waals surface area contributed by atoms with Crippen LogP contribution < -0.4 is 5.73 Å². The number of nitrogens with zero attached hydrogens (tertiary/aromatic N) is 1. The Morgan fingerprint density at radius 2 is 0.961 bits per heavy atom. The second-order valence-electron chi connectivity index (χ2n) is 15.6. The van der Waals surface area contributed by atoms with Crippen LogP contribution in [-0.2, 0) is 9.47 Å². The Bertz CT molecular complexity index is 786. The monoisotopic (exact) mass is 713 g/mol. The molecule has 0 aromatic heterocycles. The standard InChI is InChI=1S/C47H88N2O2/c1-4-6-8-10-12-14-16-18-20-22-24-26-28-30-32-35-40-47(50-45-46(51-47)39-44-49(3)43-38-34-37-42-48)41-36-33-31-29-27-25-23-21-19-17-15-13-11-9-7-5-2/h12-15,18-21,46H,4-11,16-17,22-45,48H2,1-3H3. The lowest BCUT2D eigenvalue weighted by Crippen LogP contribution is -2.32. The Morgan fingerprint density at radius 1 is 0.529 bits per heavy atom. The van der Waals surface area contributed by atoms with Gasteiger partial charge in [-0.3, -0.25) is 0 Å². The van der Waals surface area contributed by atoms with E-state index in [1.165, 1.54) is 154 Å². The highest BCUT2D eigenvalue weighted by Gasteiger charge is 2.40. The molecule has 1 heterocycles. The van der Waals surface area contributed by atoms with E-state index < -0.39 is 0 Å². The van der Waals surface area contributed by atoms with E-state index in [0.717, 1.165) is 64.8 Å². The quantitative estimate of drug-likeness (QED) is 0.0511. The summed E-state index contributed by atoms with van der Waals surface area (Å²) in [6, 6.07) is 0. The summed E-state index contributed by atoms with van der Waals surface area (Å²) in [4.78, 5) is 2.46. The SMILES string of the molecule is CCCCCC=CCC=CCCCCCCCCC1(CCCCCCCCC=CCC=CCCCCC)OCC(CCN(C)CCCCCN)O1. The molecule has 0 radical (unpaired) electrons. The molecule has 1 rings (SSSR count). The van der Waals surface area contributed by atoms with Crippen LogP contribution in [0.15, 0.2) is 48.6 Å². The van der Waals surface area contributed by atoms with Crippen molar-refractivity contribution in [2.24, 2.45) is 5.73 Å². The first-order chi connectivity index (χ1) is 25.2. The Balaban J connectivity index is 2.28. The minimum Gasteiger partial charge on any atom is -0.347 e. The van der Waals surface area contributed by atoms with Gasteiger partial charge in [0.05, 0.1) is 12.7 Å². The average molecular weight is 713 g/mol. The van der Waals surface area contributed by atoms with Crippen LogP contribution in [0.2, 0.25) is 0 Å². The van der Waals surface area contributed by atoms with Gasteiger partial charge in [0.1, 0.15) is 0 Å². The van der Waals surface area contributed by atoms with Crippen LogP contribution in [0.1, 0.15) is 206 Å². The molecule has 1 aliphatic heterocycles. The molecule has 298 valence electrons. The van der Waals surface area contributed by atoms with E-state index in [1.54, 1.807) is 0 Å². The Kier molecular flexibility index (Phi) is 34.8. The van der Waals surface area contributed by atoms with E-state index in [1.807, 2.05) is 0 Å². The van der Waals surface area contributed by atoms with Crippen LogP contribution >= 0.6 is 0 Å². The molecule has 1 fully saturated rings. The van der Waals surface area contributed by atoms with E-state index in [4.69, 9.17) is 15.2 Å². The molecule has 1 saturated heterocycles. The van der Waals surface area contributed by atoms with E-state index in [-0.39, 0.29) is 11.9 Å². The highest BCUT2D eigenvalue weighted by atomic mass is 16.7. The van der Waals surface area contributed by atoms with Gasteiger partial charge in [0, 0.05) is 19.4 Å². The number of hydrogen-bond acceptors (Lipinski definition) is 4. The summed E-state index contributed by atoms with van der Waals surface area (Å²) in [6.07, 6.45) is 56.8. The summed E-state index contributed by atoms with van der Waals surface area (Å²) in [5, 5.41) is 0. The predicted octanol–water partition coefficient (Wildman–Crippen LogP) is 14.0. The minimum atomic E-state index is -0.338. The molecule has 4 nitrogen and oxygen atoms in total. The summed E-state index contributed by atoms with van der Waals surface area (Å²) < 4.78 is 13.4. The number of ether oxygens (including phenoxy) is 2. The van der Waals surface area contributed by atoms with Crippen LogP contribution in [-0.4, -0.2) is 50.1 Å². The smallest absolute Gasteiger partial charge is 0.168 e. The highest BCUT2D eigenvalue weighted by Crippen LogP contribution is 2.35. The van der Waals surface area contributed by atoms with Crippen LogP contribution in [0.4, 0.5) is 0 Å². The number of rotatable bonds is 38. The van der Waals surface area contributed by atoms with Gasteiger partial charge in [-0.1, -0.05) is 146 Å². The van der Waals surface area contributed by atoms with Crippen molar-refractivity contribution in [2.45, 2.75) is 218 Å². The number of nitrogens with two attached hydrogens (primary N) is 1. The molecule has 0 aliphatic carbocycles. The zero-order valence-electron chi connectivity index (χ0n) is 34.6. The molecule has 51 heavy (non-hydrogen) atoms. The lowest BCUT2D eigenvalue weighted by molar-refractivity contribution is -0.180. The third-order valence-corrected chi connectivity index (χ3v) is 10.5. The molecular formula is C47H88N2O2. The molecule has 0 amide bonds. The van der Waals surface area contributed by atoms with E-state index in [2.05, 4.69) is 74.4 Å². The summed E-state index contributed by atoms with van der Waals surface area (Å²) in [5.41, 5.74) is 5.67. The fraction of sp³-hybridized carbons (Fsp3) is 0.830. The molecule has 0 spiro atoms. The molecule has 4 heteroatoms. The maximum Gasteiger partial charge on any atom is 0.168 e. The fourth-order valence-corrected chi connectivity index (χ4v) is 7.09. The second kappa shape index (κ2) is 37.1. The van der Waals surface area contributed by atoms with Crippen LogP contribution in [0.25, 0.3) is 0 Å². The molecule has 2 N–H and O–H groups in total. The third kappa shape index (κ3) is 30.9. The molecule has 1 unspecified atom stereocenters. The molecule has 1 atom stereocenters. The lowest BCUT2D eigenvalue weighted by atomic mass is 9.98. The lowest BCUT2D eigenvalue weighted by Gasteiger charge is -2.29. The predicted molar refractivity (Wildman–Crippen MR) is 227 cm³/mol. The Hall–Kier alpha value is -1.20. The maximum absolute atomic E-state index is 6.80. The Morgan fingerprint density at radius 3 is 1.43 bits per heavy atom. The van der Waals surface area contributed by atoms with E-state index in [9.17, 15) is 0 Å². The van der Waals surface area contributed by atoms with Crippen molar-refractivity contribution in [3.05, 3.63) is 48.6 Å². The fourth-order valence-electron chi connectivity index (χ4n) is 7.09. The highest BCUT2D eigenvalue weighted by molar-refractivity contribution is 4.93. The topological polar surface area (TPSA) is 47.7 Å². The van der Waals surface area contributed by atoms with Crippen LogP contribution in [0.5, 0.6) is 0 Å². The molecular weight excluding hydrogens is 625 g/mol. The zero-order chi connectivity index (χ0) is 36.8. The first-order valence-corrected chi connectivity index (χ1v) is 22.5. The van der Waals surface area contributed by atoms with Crippen molar-refractivity contribution in [3.8, 4) is 0 Å². The van der Waals surface area contributed by atoms with Gasteiger partial charge in [-0.2, -0.15) is 0 Å². The Labute approximate surface area is 319 Å².